The molecule has 1 nitrogen and oxygen atoms in total. The van der Waals surface area contributed by atoms with E-state index >= 15 is 0 Å². The zero-order valence-electron chi connectivity index (χ0n) is 8.65. The van der Waals surface area contributed by atoms with Crippen LogP contribution in [0, 0.1) is 11.3 Å². The third-order valence-corrected chi connectivity index (χ3v) is 1.87. The third kappa shape index (κ3) is 4.03. The predicted octanol–water partition coefficient (Wildman–Crippen LogP) is 3.91. The van der Waals surface area contributed by atoms with E-state index in [-0.39, 0.29) is 0 Å². The first-order valence-corrected chi connectivity index (χ1v) is 4.40. The van der Waals surface area contributed by atoms with Gasteiger partial charge >= 0.3 is 6.18 Å². The van der Waals surface area contributed by atoms with Crippen molar-refractivity contribution in [1.82, 2.24) is 0 Å². The maximum Gasteiger partial charge on any atom is 0.417 e. The summed E-state index contributed by atoms with van der Waals surface area (Å²) < 4.78 is 37.4. The van der Waals surface area contributed by atoms with Crippen molar-refractivity contribution in [2.24, 2.45) is 0 Å². The van der Waals surface area contributed by atoms with Gasteiger partial charge in [-0.25, -0.2) is 0 Å². The fourth-order valence-electron chi connectivity index (χ4n) is 0.975. The van der Waals surface area contributed by atoms with Gasteiger partial charge in [-0.2, -0.15) is 18.4 Å². The summed E-state index contributed by atoms with van der Waals surface area (Å²) in [6, 6.07) is 1.42. The third-order valence-electron chi connectivity index (χ3n) is 1.87. The Labute approximate surface area is 87.2 Å². The maximum absolute atomic E-state index is 12.5. The number of hydrogen-bond donors (Lipinski definition) is 0. The summed E-state index contributed by atoms with van der Waals surface area (Å²) in [6.07, 6.45) is -1.51. The lowest BCUT2D eigenvalue weighted by Crippen LogP contribution is -2.13. The average Bonchev–Trinajstić information content (AvgIpc) is 2.16. The summed E-state index contributed by atoms with van der Waals surface area (Å²) in [4.78, 5) is 0. The standard InChI is InChI=1S/C11H12F3N/c1-4-9(5-2)6-10(8(3)7-15)11(12,13)14/h4,6H,3,5H2,1-2H3/b9-4-,10-6+. The Morgan fingerprint density at radius 2 is 2.00 bits per heavy atom. The van der Waals surface area contributed by atoms with Crippen LogP contribution in [0.2, 0.25) is 0 Å². The van der Waals surface area contributed by atoms with E-state index in [1.54, 1.807) is 19.9 Å². The number of allylic oxidation sites excluding steroid dienone is 5. The molecular weight excluding hydrogens is 203 g/mol. The van der Waals surface area contributed by atoms with Crippen LogP contribution in [-0.2, 0) is 0 Å². The van der Waals surface area contributed by atoms with Crippen molar-refractivity contribution in [2.45, 2.75) is 26.4 Å². The van der Waals surface area contributed by atoms with Gasteiger partial charge in [0.25, 0.3) is 0 Å². The van der Waals surface area contributed by atoms with Gasteiger partial charge in [-0.05, 0) is 19.4 Å². The number of nitrogens with zero attached hydrogens (tertiary/aromatic N) is 1. The molecule has 15 heavy (non-hydrogen) atoms. The van der Waals surface area contributed by atoms with E-state index in [1.807, 2.05) is 0 Å². The highest BCUT2D eigenvalue weighted by molar-refractivity contribution is 5.46. The van der Waals surface area contributed by atoms with Crippen molar-refractivity contribution in [2.75, 3.05) is 0 Å². The second-order valence-electron chi connectivity index (χ2n) is 2.86. The molecule has 0 aliphatic carbocycles. The molecule has 0 aliphatic heterocycles. The average molecular weight is 215 g/mol. The van der Waals surface area contributed by atoms with Crippen LogP contribution in [0.5, 0.6) is 0 Å². The van der Waals surface area contributed by atoms with Crippen molar-refractivity contribution >= 4 is 0 Å². The smallest absolute Gasteiger partial charge is 0.192 e. The first-order valence-electron chi connectivity index (χ1n) is 4.40. The quantitative estimate of drug-likeness (QED) is 0.517. The molecule has 0 heterocycles. The molecule has 0 N–H and O–H groups in total. The van der Waals surface area contributed by atoms with Crippen LogP contribution >= 0.6 is 0 Å². The summed E-state index contributed by atoms with van der Waals surface area (Å²) in [7, 11) is 0. The molecular formula is C11H12F3N. The highest BCUT2D eigenvalue weighted by atomic mass is 19.4. The zero-order chi connectivity index (χ0) is 12.1. The Bertz CT molecular complexity index is 340. The van der Waals surface area contributed by atoms with E-state index in [9.17, 15) is 13.2 Å². The fraction of sp³-hybridized carbons (Fsp3) is 0.364. The summed E-state index contributed by atoms with van der Waals surface area (Å²) in [5.41, 5.74) is -1.01. The lowest BCUT2D eigenvalue weighted by atomic mass is 10.0. The lowest BCUT2D eigenvalue weighted by Gasteiger charge is -2.10. The maximum atomic E-state index is 12.5. The molecule has 0 aromatic carbocycles. The summed E-state index contributed by atoms with van der Waals surface area (Å²) in [5.74, 6) is 0. The van der Waals surface area contributed by atoms with Gasteiger partial charge in [-0.15, -0.1) is 0 Å². The Morgan fingerprint density at radius 1 is 1.47 bits per heavy atom. The molecule has 0 rings (SSSR count). The molecule has 82 valence electrons. The van der Waals surface area contributed by atoms with Crippen LogP contribution in [0.1, 0.15) is 20.3 Å². The number of nitriles is 1. The molecule has 0 aromatic rings. The van der Waals surface area contributed by atoms with E-state index in [0.29, 0.717) is 12.0 Å². The SMILES string of the molecule is C=C(C#N)/C(=C\C(=C/C)CC)C(F)(F)F. The Hall–Kier alpha value is -1.50. The molecule has 0 bridgehead atoms. The lowest BCUT2D eigenvalue weighted by molar-refractivity contribution is -0.0889. The van der Waals surface area contributed by atoms with Crippen molar-refractivity contribution < 1.29 is 13.2 Å². The highest BCUT2D eigenvalue weighted by Gasteiger charge is 2.35. The van der Waals surface area contributed by atoms with Gasteiger partial charge in [0.15, 0.2) is 0 Å². The molecule has 0 spiro atoms. The summed E-state index contributed by atoms with van der Waals surface area (Å²) >= 11 is 0. The van der Waals surface area contributed by atoms with Gasteiger partial charge in [0.1, 0.15) is 0 Å². The van der Waals surface area contributed by atoms with E-state index in [0.717, 1.165) is 6.08 Å². The minimum Gasteiger partial charge on any atom is -0.192 e. The van der Waals surface area contributed by atoms with Gasteiger partial charge in [0.2, 0.25) is 0 Å². The monoisotopic (exact) mass is 215 g/mol. The van der Waals surface area contributed by atoms with Crippen LogP contribution in [-0.4, -0.2) is 6.18 Å². The minimum atomic E-state index is -4.53. The second-order valence-corrected chi connectivity index (χ2v) is 2.86. The Kier molecular flexibility index (Phi) is 4.86. The normalized spacial score (nSPS) is 13.6. The summed E-state index contributed by atoms with van der Waals surface area (Å²) in [6.45, 7) is 6.48. The Morgan fingerprint density at radius 3 is 2.27 bits per heavy atom. The van der Waals surface area contributed by atoms with Gasteiger partial charge in [0.05, 0.1) is 17.2 Å². The Balaban J connectivity index is 5.33. The van der Waals surface area contributed by atoms with Crippen molar-refractivity contribution in [3.8, 4) is 6.07 Å². The van der Waals surface area contributed by atoms with Crippen LogP contribution in [0.3, 0.4) is 0 Å². The molecule has 0 radical (unpaired) electrons. The molecule has 0 saturated heterocycles. The summed E-state index contributed by atoms with van der Waals surface area (Å²) in [5, 5.41) is 8.42. The van der Waals surface area contributed by atoms with Crippen LogP contribution < -0.4 is 0 Å². The predicted molar refractivity (Wildman–Crippen MR) is 52.9 cm³/mol. The minimum absolute atomic E-state index is 0.481. The van der Waals surface area contributed by atoms with E-state index in [1.165, 1.54) is 6.07 Å². The fourth-order valence-corrected chi connectivity index (χ4v) is 0.975. The number of hydrogen-bond acceptors (Lipinski definition) is 1. The van der Waals surface area contributed by atoms with Crippen molar-refractivity contribution in [3.05, 3.63) is 35.5 Å². The second kappa shape index (κ2) is 5.40. The number of alkyl halides is 3. The van der Waals surface area contributed by atoms with E-state index in [2.05, 4.69) is 6.58 Å². The molecule has 0 fully saturated rings. The largest absolute Gasteiger partial charge is 0.417 e. The van der Waals surface area contributed by atoms with Crippen molar-refractivity contribution in [3.63, 3.8) is 0 Å². The number of halogens is 3. The van der Waals surface area contributed by atoms with Crippen LogP contribution in [0.15, 0.2) is 35.5 Å². The highest BCUT2D eigenvalue weighted by Crippen LogP contribution is 2.31. The van der Waals surface area contributed by atoms with Crippen molar-refractivity contribution in [1.29, 1.82) is 5.26 Å². The first-order chi connectivity index (χ1) is 6.86. The van der Waals surface area contributed by atoms with Gasteiger partial charge in [0, 0.05) is 0 Å². The molecule has 0 saturated carbocycles. The molecule has 0 amide bonds. The van der Waals surface area contributed by atoms with Gasteiger partial charge in [-0.3, -0.25) is 0 Å². The first kappa shape index (κ1) is 13.5. The zero-order valence-corrected chi connectivity index (χ0v) is 8.65. The molecule has 0 unspecified atom stereocenters. The topological polar surface area (TPSA) is 23.8 Å². The molecule has 4 heteroatoms. The van der Waals surface area contributed by atoms with Crippen LogP contribution in [0.25, 0.3) is 0 Å². The molecule has 0 atom stereocenters. The van der Waals surface area contributed by atoms with Gasteiger partial charge in [-0.1, -0.05) is 25.2 Å². The van der Waals surface area contributed by atoms with Crippen LogP contribution in [0.4, 0.5) is 13.2 Å². The van der Waals surface area contributed by atoms with E-state index < -0.39 is 17.3 Å². The van der Waals surface area contributed by atoms with Gasteiger partial charge < -0.3 is 0 Å². The number of rotatable bonds is 3. The van der Waals surface area contributed by atoms with E-state index in [4.69, 9.17) is 5.26 Å². The molecule has 0 aromatic heterocycles. The molecule has 0 aliphatic rings.